The summed E-state index contributed by atoms with van der Waals surface area (Å²) in [6.45, 7) is 1.76. The number of halogens is 1. The molecule has 0 fully saturated rings. The Bertz CT molecular complexity index is 1070. The van der Waals surface area contributed by atoms with E-state index in [1.165, 1.54) is 18.2 Å². The van der Waals surface area contributed by atoms with Gasteiger partial charge in [-0.25, -0.2) is 12.8 Å². The van der Waals surface area contributed by atoms with E-state index in [-0.39, 0.29) is 9.90 Å². The third-order valence-electron chi connectivity index (χ3n) is 3.90. The molecule has 0 saturated carbocycles. The van der Waals surface area contributed by atoms with Crippen molar-refractivity contribution in [3.8, 4) is 5.75 Å². The quantitative estimate of drug-likeness (QED) is 0.579. The fourth-order valence-electron chi connectivity index (χ4n) is 2.61. The van der Waals surface area contributed by atoms with E-state index in [4.69, 9.17) is 4.74 Å². The molecule has 6 nitrogen and oxygen atoms in total. The second kappa shape index (κ2) is 9.06. The maximum Gasteiger partial charge on any atom is 0.274 e. The van der Waals surface area contributed by atoms with Crippen LogP contribution >= 0.6 is 11.3 Å². The van der Waals surface area contributed by atoms with E-state index in [2.05, 4.69) is 5.32 Å². The van der Waals surface area contributed by atoms with Crippen LogP contribution in [0.5, 0.6) is 5.75 Å². The van der Waals surface area contributed by atoms with Crippen LogP contribution in [0.3, 0.4) is 0 Å². The number of ether oxygens (including phenoxy) is 1. The smallest absolute Gasteiger partial charge is 0.274 e. The number of benzene rings is 2. The van der Waals surface area contributed by atoms with Crippen LogP contribution in [-0.4, -0.2) is 27.5 Å². The number of carbonyl (C=O) groups excluding carboxylic acids is 1. The van der Waals surface area contributed by atoms with Crippen molar-refractivity contribution in [2.75, 3.05) is 22.8 Å². The summed E-state index contributed by atoms with van der Waals surface area (Å²) >= 11 is 1.04. The van der Waals surface area contributed by atoms with Gasteiger partial charge >= 0.3 is 0 Å². The lowest BCUT2D eigenvalue weighted by Crippen LogP contribution is -2.37. The summed E-state index contributed by atoms with van der Waals surface area (Å²) in [4.78, 5) is 12.7. The Kier molecular flexibility index (Phi) is 6.50. The molecular formula is C20H19FN2O4S2. The molecule has 9 heteroatoms. The Morgan fingerprint density at radius 2 is 1.83 bits per heavy atom. The summed E-state index contributed by atoms with van der Waals surface area (Å²) in [7, 11) is -3.99. The summed E-state index contributed by atoms with van der Waals surface area (Å²) in [6.07, 6.45) is 0. The molecule has 1 N–H and O–H groups in total. The van der Waals surface area contributed by atoms with Crippen molar-refractivity contribution < 1.29 is 22.3 Å². The predicted octanol–water partition coefficient (Wildman–Crippen LogP) is 4.12. The van der Waals surface area contributed by atoms with E-state index in [0.717, 1.165) is 27.8 Å². The van der Waals surface area contributed by atoms with Gasteiger partial charge in [-0.3, -0.25) is 9.10 Å². The van der Waals surface area contributed by atoms with Gasteiger partial charge in [0.25, 0.3) is 10.0 Å². The normalized spacial score (nSPS) is 11.1. The van der Waals surface area contributed by atoms with Crippen LogP contribution < -0.4 is 14.4 Å². The molecule has 1 aromatic heterocycles. The van der Waals surface area contributed by atoms with Crippen molar-refractivity contribution in [2.24, 2.45) is 0 Å². The number of rotatable bonds is 8. The van der Waals surface area contributed by atoms with Gasteiger partial charge in [0.2, 0.25) is 5.91 Å². The van der Waals surface area contributed by atoms with Gasteiger partial charge in [0, 0.05) is 0 Å². The summed E-state index contributed by atoms with van der Waals surface area (Å²) in [5, 5.41) is 4.32. The Morgan fingerprint density at radius 1 is 1.10 bits per heavy atom. The number of amides is 1. The Balaban J connectivity index is 1.89. The SMILES string of the molecule is CCOc1ccccc1NC(=O)CN(c1ccc(F)cc1)S(=O)(=O)c1cccs1. The maximum atomic E-state index is 13.3. The molecule has 0 saturated heterocycles. The van der Waals surface area contributed by atoms with E-state index in [1.54, 1.807) is 35.7 Å². The van der Waals surface area contributed by atoms with Gasteiger partial charge in [0.05, 0.1) is 18.0 Å². The Labute approximate surface area is 172 Å². The number of carbonyl (C=O) groups is 1. The molecule has 0 atom stereocenters. The van der Waals surface area contributed by atoms with E-state index in [0.29, 0.717) is 18.0 Å². The number of hydrogen-bond acceptors (Lipinski definition) is 5. The maximum absolute atomic E-state index is 13.3. The highest BCUT2D eigenvalue weighted by atomic mass is 32.2. The zero-order chi connectivity index (χ0) is 20.9. The number of para-hydroxylation sites is 2. The van der Waals surface area contributed by atoms with Crippen LogP contribution in [0.2, 0.25) is 0 Å². The molecule has 3 rings (SSSR count). The molecular weight excluding hydrogens is 415 g/mol. The number of sulfonamides is 1. The zero-order valence-corrected chi connectivity index (χ0v) is 17.2. The molecule has 0 bridgehead atoms. The second-order valence-corrected chi connectivity index (χ2v) is 8.93. The fourth-order valence-corrected chi connectivity index (χ4v) is 5.14. The Hall–Kier alpha value is -2.91. The molecule has 2 aromatic carbocycles. The molecule has 0 spiro atoms. The number of hydrogen-bond donors (Lipinski definition) is 1. The molecule has 0 aliphatic heterocycles. The van der Waals surface area contributed by atoms with Crippen molar-refractivity contribution in [1.82, 2.24) is 0 Å². The average molecular weight is 435 g/mol. The first-order valence-electron chi connectivity index (χ1n) is 8.75. The van der Waals surface area contributed by atoms with Crippen molar-refractivity contribution in [2.45, 2.75) is 11.1 Å². The first-order chi connectivity index (χ1) is 13.9. The third-order valence-corrected chi connectivity index (χ3v) is 7.05. The lowest BCUT2D eigenvalue weighted by atomic mass is 10.3. The van der Waals surface area contributed by atoms with Crippen LogP contribution in [0, 0.1) is 5.82 Å². The van der Waals surface area contributed by atoms with E-state index >= 15 is 0 Å². The molecule has 29 heavy (non-hydrogen) atoms. The van der Waals surface area contributed by atoms with Gasteiger partial charge < -0.3 is 10.1 Å². The summed E-state index contributed by atoms with van der Waals surface area (Å²) in [5.41, 5.74) is 0.625. The largest absolute Gasteiger partial charge is 0.492 e. The molecule has 1 amide bonds. The van der Waals surface area contributed by atoms with Crippen molar-refractivity contribution in [3.05, 3.63) is 71.9 Å². The minimum Gasteiger partial charge on any atom is -0.492 e. The van der Waals surface area contributed by atoms with Crippen LogP contribution in [0.25, 0.3) is 0 Å². The Morgan fingerprint density at radius 3 is 2.48 bits per heavy atom. The van der Waals surface area contributed by atoms with Crippen LogP contribution in [0.1, 0.15) is 6.92 Å². The van der Waals surface area contributed by atoms with Crippen molar-refractivity contribution in [1.29, 1.82) is 0 Å². The van der Waals surface area contributed by atoms with E-state index in [1.807, 2.05) is 6.92 Å². The van der Waals surface area contributed by atoms with Gasteiger partial charge in [-0.05, 0) is 54.8 Å². The number of nitrogens with one attached hydrogen (secondary N) is 1. The first-order valence-corrected chi connectivity index (χ1v) is 11.1. The number of anilines is 2. The van der Waals surface area contributed by atoms with Gasteiger partial charge in [-0.2, -0.15) is 0 Å². The van der Waals surface area contributed by atoms with Gasteiger partial charge in [0.1, 0.15) is 22.3 Å². The van der Waals surface area contributed by atoms with E-state index in [9.17, 15) is 17.6 Å². The minimum atomic E-state index is -3.99. The van der Waals surface area contributed by atoms with Crippen LogP contribution in [-0.2, 0) is 14.8 Å². The van der Waals surface area contributed by atoms with Crippen molar-refractivity contribution in [3.63, 3.8) is 0 Å². The standard InChI is InChI=1S/C20H19FN2O4S2/c1-2-27-18-7-4-3-6-17(18)22-19(24)14-23(16-11-9-15(21)10-12-16)29(25,26)20-8-5-13-28-20/h3-13H,2,14H2,1H3,(H,22,24). The monoisotopic (exact) mass is 434 g/mol. The molecule has 3 aromatic rings. The fraction of sp³-hybridized carbons (Fsp3) is 0.150. The number of nitrogens with zero attached hydrogens (tertiary/aromatic N) is 1. The molecule has 0 aliphatic carbocycles. The minimum absolute atomic E-state index is 0.0874. The second-order valence-electron chi connectivity index (χ2n) is 5.90. The summed E-state index contributed by atoms with van der Waals surface area (Å²) in [5.74, 6) is -0.572. The van der Waals surface area contributed by atoms with Gasteiger partial charge in [-0.1, -0.05) is 18.2 Å². The molecule has 1 heterocycles. The number of thiophene rings is 1. The highest BCUT2D eigenvalue weighted by Crippen LogP contribution is 2.28. The average Bonchev–Trinajstić information content (AvgIpc) is 3.24. The van der Waals surface area contributed by atoms with Gasteiger partial charge in [0.15, 0.2) is 0 Å². The van der Waals surface area contributed by atoms with Crippen LogP contribution in [0.4, 0.5) is 15.8 Å². The predicted molar refractivity (Wildman–Crippen MR) is 111 cm³/mol. The zero-order valence-electron chi connectivity index (χ0n) is 15.5. The molecule has 0 unspecified atom stereocenters. The first kappa shape index (κ1) is 20.8. The summed E-state index contributed by atoms with van der Waals surface area (Å²) < 4.78 is 46.0. The molecule has 0 aliphatic rings. The van der Waals surface area contributed by atoms with E-state index < -0.39 is 28.3 Å². The lowest BCUT2D eigenvalue weighted by Gasteiger charge is -2.23. The highest BCUT2D eigenvalue weighted by molar-refractivity contribution is 7.94. The highest BCUT2D eigenvalue weighted by Gasteiger charge is 2.28. The van der Waals surface area contributed by atoms with Crippen LogP contribution in [0.15, 0.2) is 70.3 Å². The topological polar surface area (TPSA) is 75.7 Å². The van der Waals surface area contributed by atoms with Gasteiger partial charge in [-0.15, -0.1) is 11.3 Å². The van der Waals surface area contributed by atoms with Crippen molar-refractivity contribution >= 4 is 38.6 Å². The third kappa shape index (κ3) is 4.93. The lowest BCUT2D eigenvalue weighted by molar-refractivity contribution is -0.114. The molecule has 152 valence electrons. The molecule has 0 radical (unpaired) electrons. The summed E-state index contributed by atoms with van der Waals surface area (Å²) in [6, 6.07) is 14.9.